The third kappa shape index (κ3) is 2.44. The molecule has 2 heteroatoms. The lowest BCUT2D eigenvalue weighted by atomic mass is 9.72. The normalized spacial score (nSPS) is 18.5. The van der Waals surface area contributed by atoms with Crippen LogP contribution in [-0.2, 0) is 15.6 Å². The molecule has 18 heavy (non-hydrogen) atoms. The molecular formula is C16H23ClO. The monoisotopic (exact) mass is 266 g/mol. The Morgan fingerprint density at radius 1 is 1.28 bits per heavy atom. The molecule has 0 amide bonds. The van der Waals surface area contributed by atoms with E-state index in [2.05, 4.69) is 45.9 Å². The Morgan fingerprint density at radius 2 is 1.94 bits per heavy atom. The summed E-state index contributed by atoms with van der Waals surface area (Å²) in [5.74, 6) is 0.697. The van der Waals surface area contributed by atoms with E-state index >= 15 is 0 Å². The molecule has 0 N–H and O–H groups in total. The molecule has 1 aromatic carbocycles. The van der Waals surface area contributed by atoms with Crippen molar-refractivity contribution >= 4 is 11.6 Å². The van der Waals surface area contributed by atoms with Gasteiger partial charge >= 0.3 is 0 Å². The number of alkyl halides is 1. The predicted octanol–water partition coefficient (Wildman–Crippen LogP) is 4.19. The molecule has 0 bridgehead atoms. The van der Waals surface area contributed by atoms with Crippen molar-refractivity contribution in [3.05, 3.63) is 34.9 Å². The molecule has 0 aliphatic carbocycles. The molecule has 0 unspecified atom stereocenters. The van der Waals surface area contributed by atoms with E-state index in [1.165, 1.54) is 16.7 Å². The first-order valence-corrected chi connectivity index (χ1v) is 7.18. The van der Waals surface area contributed by atoms with Gasteiger partial charge < -0.3 is 4.74 Å². The SMILES string of the molecule is Cc1ccc(C(C)(C)C)cc1C1(CCCl)COC1. The van der Waals surface area contributed by atoms with Crippen LogP contribution in [-0.4, -0.2) is 19.1 Å². The summed E-state index contributed by atoms with van der Waals surface area (Å²) >= 11 is 5.97. The van der Waals surface area contributed by atoms with Crippen molar-refractivity contribution in [3.63, 3.8) is 0 Å². The van der Waals surface area contributed by atoms with Crippen LogP contribution in [0.2, 0.25) is 0 Å². The molecule has 0 radical (unpaired) electrons. The Labute approximate surface area is 115 Å². The van der Waals surface area contributed by atoms with E-state index in [9.17, 15) is 0 Å². The van der Waals surface area contributed by atoms with Crippen LogP contribution in [0.5, 0.6) is 0 Å². The highest BCUT2D eigenvalue weighted by Gasteiger charge is 2.41. The number of rotatable bonds is 3. The van der Waals surface area contributed by atoms with Crippen LogP contribution in [0.4, 0.5) is 0 Å². The summed E-state index contributed by atoms with van der Waals surface area (Å²) in [7, 11) is 0. The fourth-order valence-electron chi connectivity index (χ4n) is 2.62. The molecule has 2 rings (SSSR count). The molecule has 1 heterocycles. The van der Waals surface area contributed by atoms with Crippen LogP contribution in [0.25, 0.3) is 0 Å². The largest absolute Gasteiger partial charge is 0.379 e. The minimum Gasteiger partial charge on any atom is -0.379 e. The second-order valence-corrected chi connectivity index (χ2v) is 6.87. The standard InChI is InChI=1S/C16H23ClO/c1-12-5-6-13(15(2,3)4)9-14(12)16(7-8-17)10-18-11-16/h5-6,9H,7-8,10-11H2,1-4H3. The predicted molar refractivity (Wildman–Crippen MR) is 77.7 cm³/mol. The average molecular weight is 267 g/mol. The number of hydrogen-bond donors (Lipinski definition) is 0. The van der Waals surface area contributed by atoms with Gasteiger partial charge in [0, 0.05) is 11.3 Å². The molecule has 1 saturated heterocycles. The number of benzene rings is 1. The van der Waals surface area contributed by atoms with Crippen molar-refractivity contribution in [1.82, 2.24) is 0 Å². The van der Waals surface area contributed by atoms with Crippen molar-refractivity contribution in [2.24, 2.45) is 0 Å². The molecule has 0 saturated carbocycles. The van der Waals surface area contributed by atoms with Gasteiger partial charge in [-0.1, -0.05) is 39.0 Å². The lowest BCUT2D eigenvalue weighted by Crippen LogP contribution is -2.47. The molecule has 1 aliphatic rings. The molecule has 0 aromatic heterocycles. The van der Waals surface area contributed by atoms with Gasteiger partial charge in [-0.2, -0.15) is 0 Å². The topological polar surface area (TPSA) is 9.23 Å². The summed E-state index contributed by atoms with van der Waals surface area (Å²) in [6.45, 7) is 10.6. The van der Waals surface area contributed by atoms with Gasteiger partial charge in [0.2, 0.25) is 0 Å². The smallest absolute Gasteiger partial charge is 0.0586 e. The zero-order chi connectivity index (χ0) is 13.4. The molecular weight excluding hydrogens is 244 g/mol. The van der Waals surface area contributed by atoms with E-state index in [1.807, 2.05) is 0 Å². The Hall–Kier alpha value is -0.530. The molecule has 1 aromatic rings. The number of aryl methyl sites for hydroxylation is 1. The second-order valence-electron chi connectivity index (χ2n) is 6.49. The minimum absolute atomic E-state index is 0.160. The van der Waals surface area contributed by atoms with Crippen LogP contribution in [0.3, 0.4) is 0 Å². The molecule has 1 nitrogen and oxygen atoms in total. The van der Waals surface area contributed by atoms with E-state index in [0.717, 1.165) is 19.6 Å². The van der Waals surface area contributed by atoms with Gasteiger partial charge in [-0.25, -0.2) is 0 Å². The van der Waals surface area contributed by atoms with Crippen LogP contribution >= 0.6 is 11.6 Å². The van der Waals surface area contributed by atoms with Crippen LogP contribution in [0, 0.1) is 6.92 Å². The van der Waals surface area contributed by atoms with Crippen molar-refractivity contribution in [1.29, 1.82) is 0 Å². The van der Waals surface area contributed by atoms with Crippen molar-refractivity contribution in [3.8, 4) is 0 Å². The zero-order valence-corrected chi connectivity index (χ0v) is 12.6. The minimum atomic E-state index is 0.160. The highest BCUT2D eigenvalue weighted by molar-refractivity contribution is 6.17. The Balaban J connectivity index is 2.43. The zero-order valence-electron chi connectivity index (χ0n) is 11.8. The second kappa shape index (κ2) is 4.86. The molecule has 0 spiro atoms. The molecule has 1 aliphatic heterocycles. The summed E-state index contributed by atoms with van der Waals surface area (Å²) in [5.41, 5.74) is 4.53. The summed E-state index contributed by atoms with van der Waals surface area (Å²) in [6.07, 6.45) is 1.00. The molecule has 0 atom stereocenters. The highest BCUT2D eigenvalue weighted by atomic mass is 35.5. The third-order valence-corrected chi connectivity index (χ3v) is 4.19. The van der Waals surface area contributed by atoms with Gasteiger partial charge in [-0.3, -0.25) is 0 Å². The maximum atomic E-state index is 5.97. The Morgan fingerprint density at radius 3 is 2.39 bits per heavy atom. The van der Waals surface area contributed by atoms with Gasteiger partial charge in [0.15, 0.2) is 0 Å². The maximum Gasteiger partial charge on any atom is 0.0586 e. The number of halogens is 1. The fourth-order valence-corrected chi connectivity index (χ4v) is 2.99. The summed E-state index contributed by atoms with van der Waals surface area (Å²) < 4.78 is 5.47. The molecule has 100 valence electrons. The van der Waals surface area contributed by atoms with Crippen molar-refractivity contribution in [2.45, 2.75) is 44.9 Å². The quantitative estimate of drug-likeness (QED) is 0.746. The molecule has 1 fully saturated rings. The van der Waals surface area contributed by atoms with E-state index < -0.39 is 0 Å². The maximum absolute atomic E-state index is 5.97. The first-order chi connectivity index (χ1) is 8.39. The summed E-state index contributed by atoms with van der Waals surface area (Å²) in [6, 6.07) is 6.85. The van der Waals surface area contributed by atoms with E-state index in [-0.39, 0.29) is 10.8 Å². The van der Waals surface area contributed by atoms with Crippen molar-refractivity contribution < 1.29 is 4.74 Å². The van der Waals surface area contributed by atoms with Crippen molar-refractivity contribution in [2.75, 3.05) is 19.1 Å². The number of hydrogen-bond acceptors (Lipinski definition) is 1. The van der Waals surface area contributed by atoms with E-state index in [4.69, 9.17) is 16.3 Å². The van der Waals surface area contributed by atoms with Crippen LogP contribution in [0.1, 0.15) is 43.9 Å². The van der Waals surface area contributed by atoms with E-state index in [0.29, 0.717) is 5.88 Å². The van der Waals surface area contributed by atoms with Gasteiger partial charge in [0.1, 0.15) is 0 Å². The Bertz CT molecular complexity index is 427. The lowest BCUT2D eigenvalue weighted by Gasteiger charge is -2.43. The fraction of sp³-hybridized carbons (Fsp3) is 0.625. The van der Waals surface area contributed by atoms with Gasteiger partial charge in [0.25, 0.3) is 0 Å². The third-order valence-electron chi connectivity index (χ3n) is 4.00. The highest BCUT2D eigenvalue weighted by Crippen LogP contribution is 2.39. The summed E-state index contributed by atoms with van der Waals surface area (Å²) in [5, 5.41) is 0. The lowest BCUT2D eigenvalue weighted by molar-refractivity contribution is -0.0619. The van der Waals surface area contributed by atoms with Gasteiger partial charge in [-0.15, -0.1) is 11.6 Å². The average Bonchev–Trinajstić information content (AvgIpc) is 2.23. The Kier molecular flexibility index (Phi) is 3.75. The summed E-state index contributed by atoms with van der Waals surface area (Å²) in [4.78, 5) is 0. The number of ether oxygens (including phenoxy) is 1. The first-order valence-electron chi connectivity index (χ1n) is 6.64. The van der Waals surface area contributed by atoms with Gasteiger partial charge in [-0.05, 0) is 35.4 Å². The van der Waals surface area contributed by atoms with Crippen LogP contribution in [0.15, 0.2) is 18.2 Å². The van der Waals surface area contributed by atoms with E-state index in [1.54, 1.807) is 0 Å². The van der Waals surface area contributed by atoms with Crippen LogP contribution < -0.4 is 0 Å². The van der Waals surface area contributed by atoms with Gasteiger partial charge in [0.05, 0.1) is 13.2 Å². The first kappa shape index (κ1) is 13.9.